The number of esters is 1. The zero-order valence-electron chi connectivity index (χ0n) is 20.7. The Balaban J connectivity index is 1.92. The molecule has 0 bridgehead atoms. The number of ether oxygens (including phenoxy) is 1. The third kappa shape index (κ3) is 14.4. The Kier molecular flexibility index (Phi) is 16.3. The first-order chi connectivity index (χ1) is 15.0. The molecule has 0 aromatic carbocycles. The number of hydrogen-bond donors (Lipinski definition) is 0. The van der Waals surface area contributed by atoms with Crippen molar-refractivity contribution in [1.82, 2.24) is 4.90 Å². The summed E-state index contributed by atoms with van der Waals surface area (Å²) in [5, 5.41) is 0. The molecule has 4 nitrogen and oxygen atoms in total. The Morgan fingerprint density at radius 1 is 0.935 bits per heavy atom. The van der Waals surface area contributed by atoms with Crippen LogP contribution in [0.2, 0.25) is 0 Å². The Labute approximate surface area is 192 Å². The molecule has 0 spiro atoms. The van der Waals surface area contributed by atoms with Crippen molar-refractivity contribution in [3.05, 3.63) is 12.2 Å². The SMILES string of the molecule is CCCCCCCCC=CCCCCCCCCN1CC(C(=O)OCC(C)C)CC1=O. The van der Waals surface area contributed by atoms with Gasteiger partial charge in [-0.25, -0.2) is 0 Å². The second kappa shape index (κ2) is 18.3. The van der Waals surface area contributed by atoms with Crippen LogP contribution < -0.4 is 0 Å². The van der Waals surface area contributed by atoms with Crippen molar-refractivity contribution in [2.24, 2.45) is 11.8 Å². The smallest absolute Gasteiger partial charge is 0.311 e. The first kappa shape index (κ1) is 27.7. The Hall–Kier alpha value is -1.32. The lowest BCUT2D eigenvalue weighted by Gasteiger charge is -2.16. The zero-order valence-corrected chi connectivity index (χ0v) is 20.7. The minimum absolute atomic E-state index is 0.110. The molecule has 1 aliphatic heterocycles. The summed E-state index contributed by atoms with van der Waals surface area (Å²) < 4.78 is 5.30. The van der Waals surface area contributed by atoms with E-state index >= 15 is 0 Å². The molecule has 1 rings (SSSR count). The molecular weight excluding hydrogens is 386 g/mol. The summed E-state index contributed by atoms with van der Waals surface area (Å²) in [5.41, 5.74) is 0. The van der Waals surface area contributed by atoms with Crippen LogP contribution in [0.25, 0.3) is 0 Å². The van der Waals surface area contributed by atoms with Gasteiger partial charge < -0.3 is 9.64 Å². The third-order valence-corrected chi connectivity index (χ3v) is 6.05. The summed E-state index contributed by atoms with van der Waals surface area (Å²) in [5.74, 6) is -0.0246. The second-order valence-corrected chi connectivity index (χ2v) is 9.70. The van der Waals surface area contributed by atoms with Gasteiger partial charge in [-0.1, -0.05) is 90.7 Å². The maximum absolute atomic E-state index is 12.1. The quantitative estimate of drug-likeness (QED) is 0.124. The molecule has 0 radical (unpaired) electrons. The lowest BCUT2D eigenvalue weighted by atomic mass is 10.1. The molecule has 1 unspecified atom stereocenters. The number of hydrogen-bond acceptors (Lipinski definition) is 3. The van der Waals surface area contributed by atoms with Crippen molar-refractivity contribution < 1.29 is 14.3 Å². The van der Waals surface area contributed by atoms with Crippen LogP contribution in [0, 0.1) is 11.8 Å². The fraction of sp³-hybridized carbons (Fsp3) is 0.852. The fourth-order valence-electron chi connectivity index (χ4n) is 4.06. The molecule has 0 aromatic heterocycles. The first-order valence-electron chi connectivity index (χ1n) is 13.1. The molecule has 0 aromatic rings. The van der Waals surface area contributed by atoms with Crippen LogP contribution >= 0.6 is 0 Å². The van der Waals surface area contributed by atoms with E-state index < -0.39 is 0 Å². The van der Waals surface area contributed by atoms with Crippen molar-refractivity contribution in [2.45, 2.75) is 117 Å². The summed E-state index contributed by atoms with van der Waals surface area (Å²) in [6.45, 7) is 8.08. The molecule has 1 fully saturated rings. The predicted octanol–water partition coefficient (Wildman–Crippen LogP) is 7.07. The Bertz CT molecular complexity index is 501. The maximum Gasteiger partial charge on any atom is 0.311 e. The molecule has 1 saturated heterocycles. The van der Waals surface area contributed by atoms with Gasteiger partial charge in [-0.05, 0) is 38.0 Å². The highest BCUT2D eigenvalue weighted by molar-refractivity contribution is 5.86. The van der Waals surface area contributed by atoms with Crippen LogP contribution in [0.15, 0.2) is 12.2 Å². The normalized spacial score (nSPS) is 16.7. The van der Waals surface area contributed by atoms with Crippen LogP contribution in [0.4, 0.5) is 0 Å². The molecule has 1 amide bonds. The summed E-state index contributed by atoms with van der Waals surface area (Å²) in [6, 6.07) is 0. The van der Waals surface area contributed by atoms with Crippen molar-refractivity contribution in [3.8, 4) is 0 Å². The molecule has 0 saturated carbocycles. The summed E-state index contributed by atoms with van der Waals surface area (Å²) in [7, 11) is 0. The van der Waals surface area contributed by atoms with Gasteiger partial charge in [-0.2, -0.15) is 0 Å². The Morgan fingerprint density at radius 2 is 1.48 bits per heavy atom. The fourth-order valence-corrected chi connectivity index (χ4v) is 4.06. The number of carbonyl (C=O) groups excluding carboxylic acids is 2. The van der Waals surface area contributed by atoms with Gasteiger partial charge in [0.1, 0.15) is 0 Å². The van der Waals surface area contributed by atoms with Gasteiger partial charge in [-0.15, -0.1) is 0 Å². The average Bonchev–Trinajstić information content (AvgIpc) is 3.12. The zero-order chi connectivity index (χ0) is 22.7. The topological polar surface area (TPSA) is 46.6 Å². The molecule has 0 N–H and O–H groups in total. The van der Waals surface area contributed by atoms with E-state index in [1.807, 2.05) is 18.7 Å². The largest absolute Gasteiger partial charge is 0.465 e. The van der Waals surface area contributed by atoms with Crippen LogP contribution in [0.5, 0.6) is 0 Å². The molecule has 0 aliphatic carbocycles. The predicted molar refractivity (Wildman–Crippen MR) is 130 cm³/mol. The van der Waals surface area contributed by atoms with E-state index in [4.69, 9.17) is 4.74 Å². The molecule has 4 heteroatoms. The van der Waals surface area contributed by atoms with Crippen molar-refractivity contribution >= 4 is 11.9 Å². The summed E-state index contributed by atoms with van der Waals surface area (Å²) in [6.07, 6.45) is 23.1. The number of nitrogens with zero attached hydrogens (tertiary/aromatic N) is 1. The van der Waals surface area contributed by atoms with Crippen LogP contribution in [0.3, 0.4) is 0 Å². The van der Waals surface area contributed by atoms with Gasteiger partial charge in [0.25, 0.3) is 0 Å². The molecule has 1 atom stereocenters. The molecule has 1 heterocycles. The van der Waals surface area contributed by atoms with E-state index in [1.165, 1.54) is 83.5 Å². The van der Waals surface area contributed by atoms with E-state index in [-0.39, 0.29) is 17.8 Å². The van der Waals surface area contributed by atoms with E-state index in [0.717, 1.165) is 13.0 Å². The number of carbonyl (C=O) groups is 2. The number of allylic oxidation sites excluding steroid dienone is 2. The maximum atomic E-state index is 12.1. The van der Waals surface area contributed by atoms with Crippen LogP contribution in [0.1, 0.15) is 117 Å². The highest BCUT2D eigenvalue weighted by atomic mass is 16.5. The van der Waals surface area contributed by atoms with Gasteiger partial charge in [0.05, 0.1) is 12.5 Å². The van der Waals surface area contributed by atoms with E-state index in [0.29, 0.717) is 25.5 Å². The highest BCUT2D eigenvalue weighted by Gasteiger charge is 2.34. The minimum Gasteiger partial charge on any atom is -0.465 e. The molecule has 180 valence electrons. The highest BCUT2D eigenvalue weighted by Crippen LogP contribution is 2.20. The monoisotopic (exact) mass is 435 g/mol. The number of likely N-dealkylation sites (tertiary alicyclic amines) is 1. The molecular formula is C27H49NO3. The van der Waals surface area contributed by atoms with E-state index in [1.54, 1.807) is 0 Å². The summed E-state index contributed by atoms with van der Waals surface area (Å²) in [4.78, 5) is 26.0. The van der Waals surface area contributed by atoms with Crippen molar-refractivity contribution in [3.63, 3.8) is 0 Å². The average molecular weight is 436 g/mol. The van der Waals surface area contributed by atoms with E-state index in [2.05, 4.69) is 19.1 Å². The lowest BCUT2D eigenvalue weighted by Crippen LogP contribution is -2.28. The van der Waals surface area contributed by atoms with Crippen molar-refractivity contribution in [2.75, 3.05) is 19.7 Å². The van der Waals surface area contributed by atoms with Gasteiger partial charge in [0.15, 0.2) is 0 Å². The third-order valence-electron chi connectivity index (χ3n) is 6.05. The number of amides is 1. The van der Waals surface area contributed by atoms with Crippen LogP contribution in [-0.2, 0) is 14.3 Å². The lowest BCUT2D eigenvalue weighted by molar-refractivity contribution is -0.149. The number of unbranched alkanes of at least 4 members (excludes halogenated alkanes) is 12. The van der Waals surface area contributed by atoms with Gasteiger partial charge in [0, 0.05) is 19.5 Å². The number of rotatable bonds is 19. The van der Waals surface area contributed by atoms with Crippen LogP contribution in [-0.4, -0.2) is 36.5 Å². The standard InChI is InChI=1S/C27H49NO3/c1-4-5-6-7-8-9-10-11-12-13-14-15-16-17-18-19-20-28-22-25(21-26(28)29)27(30)31-23-24(2)3/h11-12,24-25H,4-10,13-23H2,1-3H3. The van der Waals surface area contributed by atoms with Gasteiger partial charge in [-0.3, -0.25) is 9.59 Å². The molecule has 1 aliphatic rings. The van der Waals surface area contributed by atoms with Gasteiger partial charge in [0.2, 0.25) is 5.91 Å². The van der Waals surface area contributed by atoms with Gasteiger partial charge >= 0.3 is 5.97 Å². The first-order valence-corrected chi connectivity index (χ1v) is 13.1. The second-order valence-electron chi connectivity index (χ2n) is 9.70. The van der Waals surface area contributed by atoms with E-state index in [9.17, 15) is 9.59 Å². The summed E-state index contributed by atoms with van der Waals surface area (Å²) >= 11 is 0. The van der Waals surface area contributed by atoms with Crippen molar-refractivity contribution in [1.29, 1.82) is 0 Å². The molecule has 31 heavy (non-hydrogen) atoms. The Morgan fingerprint density at radius 3 is 2.06 bits per heavy atom. The minimum atomic E-state index is -0.264.